The van der Waals surface area contributed by atoms with Crippen molar-refractivity contribution in [2.45, 2.75) is 76.2 Å². The van der Waals surface area contributed by atoms with E-state index in [1.165, 1.54) is 18.4 Å². The standard InChI is InChI=1S/C37H43FN6O/c1-24(2)43-18-6-8-28(23-43)26-13-16-32(34(38)20-26)33-19-29-22-40-37(42-35(29)44(36(33)45)31-9-3-4-10-31)41-30-14-11-25(12-15-30)27-7-5-17-39-21-27/h11-16,19-20,22,27-28,31,39H,1,3-10,17-18,21,23H2,2H3,(H,40,41,42). The van der Waals surface area contributed by atoms with Crippen molar-refractivity contribution in [1.29, 1.82) is 0 Å². The molecule has 2 saturated heterocycles. The summed E-state index contributed by atoms with van der Waals surface area (Å²) in [5, 5.41) is 7.56. The molecule has 0 radical (unpaired) electrons. The molecule has 7 nitrogen and oxygen atoms in total. The fourth-order valence-electron chi connectivity index (χ4n) is 7.58. The Labute approximate surface area is 264 Å². The molecule has 1 saturated carbocycles. The number of aromatic nitrogens is 3. The molecule has 45 heavy (non-hydrogen) atoms. The number of anilines is 2. The van der Waals surface area contributed by atoms with Crippen molar-refractivity contribution >= 4 is 22.7 Å². The van der Waals surface area contributed by atoms with Gasteiger partial charge in [-0.15, -0.1) is 0 Å². The third kappa shape index (κ3) is 6.12. The van der Waals surface area contributed by atoms with Crippen LogP contribution in [0.3, 0.4) is 0 Å². The number of benzene rings is 2. The Kier molecular flexibility index (Phi) is 8.41. The number of fused-ring (bicyclic) bond motifs is 1. The molecule has 0 bridgehead atoms. The van der Waals surface area contributed by atoms with Gasteiger partial charge in [0.25, 0.3) is 5.56 Å². The number of halogens is 1. The number of nitrogens with one attached hydrogen (secondary N) is 2. The van der Waals surface area contributed by atoms with Crippen LogP contribution in [-0.2, 0) is 0 Å². The van der Waals surface area contributed by atoms with Crippen LogP contribution in [0.4, 0.5) is 16.0 Å². The lowest BCUT2D eigenvalue weighted by Gasteiger charge is -2.34. The summed E-state index contributed by atoms with van der Waals surface area (Å²) in [5.41, 5.74) is 5.36. The SMILES string of the molecule is C=C(C)N1CCCC(c2ccc(-c3cc4cnc(Nc5ccc(C6CCCNC6)cc5)nc4n(C4CCCC4)c3=O)c(F)c2)C1. The molecule has 4 heterocycles. The third-order valence-electron chi connectivity index (χ3n) is 10.1. The van der Waals surface area contributed by atoms with Crippen LogP contribution in [0.5, 0.6) is 0 Å². The Morgan fingerprint density at radius 3 is 2.47 bits per heavy atom. The maximum absolute atomic E-state index is 15.9. The van der Waals surface area contributed by atoms with Crippen molar-refractivity contribution in [3.8, 4) is 11.1 Å². The number of nitrogens with zero attached hydrogens (tertiary/aromatic N) is 4. The van der Waals surface area contributed by atoms with E-state index in [1.54, 1.807) is 24.4 Å². The smallest absolute Gasteiger partial charge is 0.260 e. The van der Waals surface area contributed by atoms with Crippen molar-refractivity contribution < 1.29 is 4.39 Å². The second-order valence-corrected chi connectivity index (χ2v) is 13.2. The molecule has 3 aliphatic rings. The van der Waals surface area contributed by atoms with Crippen LogP contribution in [0.25, 0.3) is 22.2 Å². The average Bonchev–Trinajstić information content (AvgIpc) is 3.60. The zero-order chi connectivity index (χ0) is 30.9. The van der Waals surface area contributed by atoms with Crippen molar-refractivity contribution in [3.63, 3.8) is 0 Å². The van der Waals surface area contributed by atoms with E-state index in [0.29, 0.717) is 28.6 Å². The number of hydrogen-bond donors (Lipinski definition) is 2. The molecule has 1 aliphatic carbocycles. The largest absolute Gasteiger partial charge is 0.375 e. The molecular weight excluding hydrogens is 563 g/mol. The fraction of sp³-hybridized carbons (Fsp3) is 0.432. The van der Waals surface area contributed by atoms with Gasteiger partial charge >= 0.3 is 0 Å². The third-order valence-corrected chi connectivity index (χ3v) is 10.1. The van der Waals surface area contributed by atoms with Crippen LogP contribution in [0.15, 0.2) is 71.8 Å². The summed E-state index contributed by atoms with van der Waals surface area (Å²) in [7, 11) is 0. The topological polar surface area (TPSA) is 75.1 Å². The van der Waals surface area contributed by atoms with E-state index in [-0.39, 0.29) is 23.3 Å². The molecule has 234 valence electrons. The van der Waals surface area contributed by atoms with Gasteiger partial charge < -0.3 is 15.5 Å². The first-order chi connectivity index (χ1) is 21.9. The normalized spacial score (nSPS) is 20.9. The van der Waals surface area contributed by atoms with Gasteiger partial charge in [0.2, 0.25) is 5.95 Å². The molecule has 0 spiro atoms. The van der Waals surface area contributed by atoms with Gasteiger partial charge in [-0.3, -0.25) is 9.36 Å². The lowest BCUT2D eigenvalue weighted by atomic mass is 9.89. The summed E-state index contributed by atoms with van der Waals surface area (Å²) in [4.78, 5) is 25.9. The number of allylic oxidation sites excluding steroid dienone is 1. The average molecular weight is 607 g/mol. The molecule has 2 atom stereocenters. The van der Waals surface area contributed by atoms with E-state index >= 15 is 4.39 Å². The van der Waals surface area contributed by atoms with E-state index in [4.69, 9.17) is 4.98 Å². The highest BCUT2D eigenvalue weighted by molar-refractivity contribution is 5.82. The van der Waals surface area contributed by atoms with Gasteiger partial charge in [0.15, 0.2) is 0 Å². The summed E-state index contributed by atoms with van der Waals surface area (Å²) in [6.45, 7) is 10.1. The second kappa shape index (κ2) is 12.8. The minimum Gasteiger partial charge on any atom is -0.375 e. The molecule has 2 unspecified atom stereocenters. The summed E-state index contributed by atoms with van der Waals surface area (Å²) >= 11 is 0. The molecule has 7 rings (SSSR count). The van der Waals surface area contributed by atoms with Gasteiger partial charge in [0, 0.05) is 60.1 Å². The quantitative estimate of drug-likeness (QED) is 0.225. The van der Waals surface area contributed by atoms with Crippen LogP contribution in [0, 0.1) is 5.82 Å². The van der Waals surface area contributed by atoms with Crippen molar-refractivity contribution in [2.24, 2.45) is 0 Å². The zero-order valence-corrected chi connectivity index (χ0v) is 26.2. The Hall–Kier alpha value is -4.04. The molecule has 2 aromatic carbocycles. The van der Waals surface area contributed by atoms with Crippen LogP contribution in [-0.4, -0.2) is 45.6 Å². The molecular formula is C37H43FN6O. The minimum atomic E-state index is -0.360. The number of pyridine rings is 1. The van der Waals surface area contributed by atoms with Gasteiger partial charge in [-0.25, -0.2) is 9.37 Å². The lowest BCUT2D eigenvalue weighted by Crippen LogP contribution is -2.32. The molecule has 2 aromatic heterocycles. The highest BCUT2D eigenvalue weighted by Crippen LogP contribution is 2.35. The second-order valence-electron chi connectivity index (χ2n) is 13.2. The van der Waals surface area contributed by atoms with Gasteiger partial charge in [-0.2, -0.15) is 4.98 Å². The van der Waals surface area contributed by atoms with Gasteiger partial charge in [0.1, 0.15) is 11.5 Å². The summed E-state index contributed by atoms with van der Waals surface area (Å²) in [5.74, 6) is 0.867. The first kappa shape index (κ1) is 29.7. The maximum Gasteiger partial charge on any atom is 0.260 e. The maximum atomic E-state index is 15.9. The van der Waals surface area contributed by atoms with Crippen LogP contribution < -0.4 is 16.2 Å². The van der Waals surface area contributed by atoms with E-state index in [0.717, 1.165) is 87.0 Å². The van der Waals surface area contributed by atoms with E-state index < -0.39 is 0 Å². The van der Waals surface area contributed by atoms with E-state index in [2.05, 4.69) is 51.4 Å². The number of hydrogen-bond acceptors (Lipinski definition) is 6. The molecule has 4 aromatic rings. The highest BCUT2D eigenvalue weighted by atomic mass is 19.1. The van der Waals surface area contributed by atoms with Crippen LogP contribution >= 0.6 is 0 Å². The Bertz CT molecular complexity index is 1750. The van der Waals surface area contributed by atoms with Crippen molar-refractivity contribution in [3.05, 3.63) is 94.3 Å². The fourth-order valence-corrected chi connectivity index (χ4v) is 7.58. The molecule has 2 aliphatic heterocycles. The zero-order valence-electron chi connectivity index (χ0n) is 26.2. The monoisotopic (exact) mass is 606 g/mol. The van der Waals surface area contributed by atoms with Gasteiger partial charge in [-0.1, -0.05) is 43.7 Å². The summed E-state index contributed by atoms with van der Waals surface area (Å²) in [6, 6.07) is 15.7. The molecule has 3 fully saturated rings. The van der Waals surface area contributed by atoms with Crippen molar-refractivity contribution in [2.75, 3.05) is 31.5 Å². The Balaban J connectivity index is 1.20. The van der Waals surface area contributed by atoms with E-state index in [9.17, 15) is 4.79 Å². The van der Waals surface area contributed by atoms with Gasteiger partial charge in [-0.05, 0) is 93.3 Å². The molecule has 0 amide bonds. The molecule has 2 N–H and O–H groups in total. The van der Waals surface area contributed by atoms with Gasteiger partial charge in [0.05, 0.1) is 5.56 Å². The van der Waals surface area contributed by atoms with Crippen LogP contribution in [0.1, 0.15) is 87.3 Å². The minimum absolute atomic E-state index is 0.0313. The highest BCUT2D eigenvalue weighted by Gasteiger charge is 2.26. The summed E-state index contributed by atoms with van der Waals surface area (Å²) < 4.78 is 17.7. The predicted molar refractivity (Wildman–Crippen MR) is 180 cm³/mol. The Morgan fingerprint density at radius 1 is 0.956 bits per heavy atom. The first-order valence-electron chi connectivity index (χ1n) is 16.6. The predicted octanol–water partition coefficient (Wildman–Crippen LogP) is 7.64. The van der Waals surface area contributed by atoms with Crippen LogP contribution in [0.2, 0.25) is 0 Å². The van der Waals surface area contributed by atoms with Crippen molar-refractivity contribution in [1.82, 2.24) is 24.8 Å². The number of piperidine rings is 2. The summed E-state index contributed by atoms with van der Waals surface area (Å²) in [6.07, 6.45) is 10.2. The number of likely N-dealkylation sites (tertiary alicyclic amines) is 1. The van der Waals surface area contributed by atoms with E-state index in [1.807, 2.05) is 17.6 Å². The first-order valence-corrected chi connectivity index (χ1v) is 16.6. The Morgan fingerprint density at radius 2 is 1.73 bits per heavy atom. The molecule has 8 heteroatoms. The lowest BCUT2D eigenvalue weighted by molar-refractivity contribution is 0.260. The number of rotatable bonds is 7.